The molecule has 13 heteroatoms. The van der Waals surface area contributed by atoms with Crippen molar-refractivity contribution in [3.05, 3.63) is 63.4 Å². The van der Waals surface area contributed by atoms with Crippen LogP contribution in [0.5, 0.6) is 5.75 Å². The van der Waals surface area contributed by atoms with Crippen molar-refractivity contribution in [1.29, 1.82) is 0 Å². The van der Waals surface area contributed by atoms with Crippen LogP contribution in [-0.2, 0) is 17.5 Å². The van der Waals surface area contributed by atoms with Crippen molar-refractivity contribution in [3.63, 3.8) is 0 Å². The van der Waals surface area contributed by atoms with Gasteiger partial charge in [0.05, 0.1) is 11.1 Å². The van der Waals surface area contributed by atoms with Gasteiger partial charge in [-0.2, -0.15) is 26.7 Å². The summed E-state index contributed by atoms with van der Waals surface area (Å²) in [5.74, 6) is -2.61. The molecule has 0 spiro atoms. The van der Waals surface area contributed by atoms with Gasteiger partial charge < -0.3 is 14.7 Å². The van der Waals surface area contributed by atoms with E-state index in [1.807, 2.05) is 0 Å². The van der Waals surface area contributed by atoms with Crippen LogP contribution in [0, 0.1) is 5.82 Å². The number of carboxylic acids is 1. The Kier molecular flexibility index (Phi) is 8.64. The van der Waals surface area contributed by atoms with Crippen LogP contribution in [0.3, 0.4) is 0 Å². The van der Waals surface area contributed by atoms with Gasteiger partial charge in [-0.25, -0.2) is 13.6 Å². The molecule has 5 rings (SSSR count). The van der Waals surface area contributed by atoms with Crippen molar-refractivity contribution in [3.8, 4) is 5.75 Å². The van der Waals surface area contributed by atoms with E-state index in [1.165, 1.54) is 23.1 Å². The fourth-order valence-electron chi connectivity index (χ4n) is 5.35. The van der Waals surface area contributed by atoms with Crippen LogP contribution in [0.25, 0.3) is 0 Å². The van der Waals surface area contributed by atoms with Crippen LogP contribution in [0.2, 0.25) is 5.02 Å². The highest BCUT2D eigenvalue weighted by Crippen LogP contribution is 2.46. The molecule has 40 heavy (non-hydrogen) atoms. The first-order valence-electron chi connectivity index (χ1n) is 12.6. The Morgan fingerprint density at radius 3 is 2.45 bits per heavy atom. The Bertz CT molecular complexity index is 1300. The second-order valence-corrected chi connectivity index (χ2v) is 11.0. The van der Waals surface area contributed by atoms with Gasteiger partial charge in [0, 0.05) is 37.3 Å². The fraction of sp³-hybridized carbons (Fsp3) is 0.481. The summed E-state index contributed by atoms with van der Waals surface area (Å²) < 4.78 is 76.1. The summed E-state index contributed by atoms with van der Waals surface area (Å²) in [6.45, 7) is -0.680. The lowest BCUT2D eigenvalue weighted by atomic mass is 9.95. The monoisotopic (exact) mass is 606 g/mol. The van der Waals surface area contributed by atoms with Gasteiger partial charge in [-0.3, -0.25) is 9.69 Å². The molecule has 1 saturated carbocycles. The maximum absolute atomic E-state index is 15.3. The zero-order valence-electron chi connectivity index (χ0n) is 21.2. The minimum absolute atomic E-state index is 0. The van der Waals surface area contributed by atoms with Crippen LogP contribution < -0.4 is 4.74 Å². The van der Waals surface area contributed by atoms with Crippen molar-refractivity contribution in [1.82, 2.24) is 9.80 Å². The van der Waals surface area contributed by atoms with Gasteiger partial charge in [0.2, 0.25) is 0 Å². The topological polar surface area (TPSA) is 70.1 Å². The number of benzene rings is 2. The van der Waals surface area contributed by atoms with Gasteiger partial charge >= 0.3 is 12.1 Å². The molecular weight excluding hydrogens is 579 g/mol. The lowest BCUT2D eigenvalue weighted by molar-refractivity contribution is -0.141. The predicted molar refractivity (Wildman–Crippen MR) is 142 cm³/mol. The standard InChI is InChI=1S/C27H26ClF5N2O4.H2S/c28-17-6-5-16(20(8-17)27(31,32)33)11-34-12-26(30,13-34)14-39-23-10-21(29)19(9-18(23)15-3-4-15)24(36)35-7-1-2-22(35)25(37)38;/h5-6,8-10,15,22H,1-4,7,11-14H2,(H,37,38);1H2/t22-;/m0./s1. The molecule has 218 valence electrons. The van der Waals surface area contributed by atoms with Crippen molar-refractivity contribution in [2.24, 2.45) is 0 Å². The van der Waals surface area contributed by atoms with Gasteiger partial charge in [0.1, 0.15) is 24.2 Å². The molecule has 1 N–H and O–H groups in total. The third kappa shape index (κ3) is 6.33. The summed E-state index contributed by atoms with van der Waals surface area (Å²) in [5, 5.41) is 9.34. The Hall–Kier alpha value is -2.57. The van der Waals surface area contributed by atoms with E-state index in [4.69, 9.17) is 16.3 Å². The molecule has 3 fully saturated rings. The smallest absolute Gasteiger partial charge is 0.416 e. The molecule has 2 heterocycles. The predicted octanol–water partition coefficient (Wildman–Crippen LogP) is 5.78. The molecule has 2 aliphatic heterocycles. The highest BCUT2D eigenvalue weighted by molar-refractivity contribution is 7.59. The minimum atomic E-state index is -4.60. The normalized spacial score (nSPS) is 20.6. The van der Waals surface area contributed by atoms with Crippen LogP contribution >= 0.6 is 25.1 Å². The summed E-state index contributed by atoms with van der Waals surface area (Å²) in [6, 6.07) is 4.87. The summed E-state index contributed by atoms with van der Waals surface area (Å²) >= 11 is 5.72. The van der Waals surface area contributed by atoms with Crippen LogP contribution in [0.1, 0.15) is 58.6 Å². The Morgan fingerprint density at radius 2 is 1.82 bits per heavy atom. The number of rotatable bonds is 8. The molecule has 1 amide bonds. The van der Waals surface area contributed by atoms with E-state index in [2.05, 4.69) is 0 Å². The van der Waals surface area contributed by atoms with E-state index in [1.54, 1.807) is 0 Å². The molecule has 1 aliphatic carbocycles. The number of ether oxygens (including phenoxy) is 1. The molecule has 0 bridgehead atoms. The van der Waals surface area contributed by atoms with E-state index < -0.39 is 47.8 Å². The highest BCUT2D eigenvalue weighted by atomic mass is 35.5. The number of nitrogens with zero attached hydrogens (tertiary/aromatic N) is 2. The molecule has 0 aromatic heterocycles. The van der Waals surface area contributed by atoms with E-state index in [-0.39, 0.29) is 67.5 Å². The SMILES string of the molecule is O=C(O)[C@@H]1CCCN1C(=O)c1cc(C2CC2)c(OCC2(F)CN(Cc3ccc(Cl)cc3C(F)(F)F)C2)cc1F.S. The van der Waals surface area contributed by atoms with Gasteiger partial charge in [-0.05, 0) is 60.9 Å². The number of halogens is 6. The van der Waals surface area contributed by atoms with Crippen LogP contribution in [-0.4, -0.2) is 64.7 Å². The lowest BCUT2D eigenvalue weighted by Crippen LogP contribution is -2.61. The number of amides is 1. The van der Waals surface area contributed by atoms with Crippen LogP contribution in [0.15, 0.2) is 30.3 Å². The second kappa shape index (κ2) is 11.4. The lowest BCUT2D eigenvalue weighted by Gasteiger charge is -2.44. The first-order valence-corrected chi connectivity index (χ1v) is 13.0. The number of carbonyl (C=O) groups is 2. The number of aliphatic carboxylic acids is 1. The first-order chi connectivity index (χ1) is 18.3. The van der Waals surface area contributed by atoms with Crippen molar-refractivity contribution in [2.75, 3.05) is 26.2 Å². The zero-order valence-corrected chi connectivity index (χ0v) is 23.0. The maximum Gasteiger partial charge on any atom is 0.416 e. The molecule has 2 saturated heterocycles. The molecule has 0 unspecified atom stereocenters. The quantitative estimate of drug-likeness (QED) is 0.386. The molecule has 0 radical (unpaired) electrons. The van der Waals surface area contributed by atoms with E-state index >= 15 is 8.78 Å². The van der Waals surface area contributed by atoms with E-state index in [0.717, 1.165) is 29.9 Å². The van der Waals surface area contributed by atoms with Gasteiger partial charge in [0.25, 0.3) is 5.91 Å². The zero-order chi connectivity index (χ0) is 28.1. The average molecular weight is 607 g/mol. The highest BCUT2D eigenvalue weighted by Gasteiger charge is 2.46. The largest absolute Gasteiger partial charge is 0.490 e. The number of hydrogen-bond acceptors (Lipinski definition) is 4. The second-order valence-electron chi connectivity index (χ2n) is 10.5. The summed E-state index contributed by atoms with van der Waals surface area (Å²) in [5.41, 5.74) is -2.42. The van der Waals surface area contributed by atoms with Crippen molar-refractivity contribution >= 4 is 37.0 Å². The summed E-state index contributed by atoms with van der Waals surface area (Å²) in [6.07, 6.45) is -2.22. The number of alkyl halides is 4. The van der Waals surface area contributed by atoms with Crippen LogP contribution in [0.4, 0.5) is 22.0 Å². The molecular formula is C27H28ClF5N2O4S. The molecule has 1 atom stereocenters. The molecule has 2 aromatic carbocycles. The maximum atomic E-state index is 15.3. The summed E-state index contributed by atoms with van der Waals surface area (Å²) in [4.78, 5) is 27.1. The first kappa shape index (κ1) is 30.4. The fourth-order valence-corrected chi connectivity index (χ4v) is 5.52. The Balaban J connectivity index is 0.00000370. The van der Waals surface area contributed by atoms with E-state index in [0.29, 0.717) is 18.4 Å². The van der Waals surface area contributed by atoms with Crippen molar-refractivity contribution in [2.45, 2.75) is 56.0 Å². The summed E-state index contributed by atoms with van der Waals surface area (Å²) in [7, 11) is 0. The van der Waals surface area contributed by atoms with Gasteiger partial charge in [-0.1, -0.05) is 17.7 Å². The Morgan fingerprint density at radius 1 is 1.12 bits per heavy atom. The number of carbonyl (C=O) groups excluding carboxylic acids is 1. The molecule has 2 aromatic rings. The number of likely N-dealkylation sites (tertiary alicyclic amines) is 2. The third-order valence-corrected chi connectivity index (χ3v) is 7.65. The molecule has 6 nitrogen and oxygen atoms in total. The van der Waals surface area contributed by atoms with Gasteiger partial charge in [0.15, 0.2) is 5.67 Å². The minimum Gasteiger partial charge on any atom is -0.490 e. The third-order valence-electron chi connectivity index (χ3n) is 7.42. The van der Waals surface area contributed by atoms with Gasteiger partial charge in [-0.15, -0.1) is 0 Å². The van der Waals surface area contributed by atoms with Crippen molar-refractivity contribution < 1.29 is 41.4 Å². The average Bonchev–Trinajstić information content (AvgIpc) is 3.56. The molecule has 3 aliphatic rings. The number of carboxylic acid groups (broad SMARTS) is 1. The van der Waals surface area contributed by atoms with E-state index in [9.17, 15) is 27.9 Å². The Labute approximate surface area is 239 Å². The number of hydrogen-bond donors (Lipinski definition) is 1.